The number of benzene rings is 9. The molecule has 0 fully saturated rings. The molecule has 3 nitrogen and oxygen atoms in total. The molecule has 0 N–H and O–H groups in total. The summed E-state index contributed by atoms with van der Waals surface area (Å²) in [4.78, 5) is 11.3. The number of hydrogen-bond acceptors (Lipinski definition) is 2. The van der Waals surface area contributed by atoms with Gasteiger partial charge in [-0.25, -0.2) is 9.97 Å². The van der Waals surface area contributed by atoms with Crippen molar-refractivity contribution in [3.63, 3.8) is 0 Å². The molecule has 2 aromatic heterocycles. The maximum absolute atomic E-state index is 5.76. The molecule has 11 aromatic rings. The highest BCUT2D eigenvalue weighted by atomic mass is 15.0. The largest absolute Gasteiger partial charge is 0.309 e. The number of hydrogen-bond donors (Lipinski definition) is 0. The summed E-state index contributed by atoms with van der Waals surface area (Å²) in [6.07, 6.45) is 9.19. The van der Waals surface area contributed by atoms with E-state index in [1.165, 1.54) is 55.2 Å². The number of aromatic nitrogens is 3. The van der Waals surface area contributed by atoms with Crippen molar-refractivity contribution in [3.8, 4) is 50.3 Å². The SMILES string of the molecule is C/C=C\C=C/C(C)c1nc(-c2ccccc2)c2c(n1)C(c1ccccc1)(c1ccccc1)c1cc(-c3cc(Cc4ccccc4-c4ccccc4C)cc(-n4c5ccccc5c5ccccc54)c3)ccc1-2. The van der Waals surface area contributed by atoms with Crippen LogP contribution in [0.5, 0.6) is 0 Å². The summed E-state index contributed by atoms with van der Waals surface area (Å²) in [6.45, 7) is 6.45. The van der Waals surface area contributed by atoms with Crippen molar-refractivity contribution in [2.24, 2.45) is 0 Å². The smallest absolute Gasteiger partial charge is 0.135 e. The van der Waals surface area contributed by atoms with Crippen LogP contribution in [0.25, 0.3) is 72.1 Å². The number of aryl methyl sites for hydroxylation is 1. The van der Waals surface area contributed by atoms with Crippen molar-refractivity contribution in [1.82, 2.24) is 14.5 Å². The minimum absolute atomic E-state index is 0.0413. The van der Waals surface area contributed by atoms with Crippen molar-refractivity contribution in [2.75, 3.05) is 0 Å². The van der Waals surface area contributed by atoms with Crippen molar-refractivity contribution in [2.45, 2.75) is 38.5 Å². The average molecular weight is 912 g/mol. The minimum atomic E-state index is -0.767. The molecule has 0 saturated heterocycles. The fourth-order valence-electron chi connectivity index (χ4n) is 11.3. The summed E-state index contributed by atoms with van der Waals surface area (Å²) >= 11 is 0. The van der Waals surface area contributed by atoms with E-state index in [0.717, 1.165) is 68.3 Å². The number of rotatable bonds is 11. The van der Waals surface area contributed by atoms with E-state index < -0.39 is 5.41 Å². The molecular formula is C68H53N3. The van der Waals surface area contributed by atoms with Crippen LogP contribution in [0.1, 0.15) is 64.7 Å². The van der Waals surface area contributed by atoms with E-state index in [9.17, 15) is 0 Å². The number of nitrogens with zero attached hydrogens (tertiary/aromatic N) is 3. The Kier molecular flexibility index (Phi) is 11.3. The van der Waals surface area contributed by atoms with Gasteiger partial charge in [-0.15, -0.1) is 0 Å². The summed E-state index contributed by atoms with van der Waals surface area (Å²) in [5.41, 5.74) is 20.1. The van der Waals surface area contributed by atoms with Crippen LogP contribution in [0.2, 0.25) is 0 Å². The van der Waals surface area contributed by atoms with Gasteiger partial charge in [-0.1, -0.05) is 225 Å². The number of para-hydroxylation sites is 2. The molecule has 0 radical (unpaired) electrons. The van der Waals surface area contributed by atoms with Crippen molar-refractivity contribution < 1.29 is 0 Å². The van der Waals surface area contributed by atoms with Gasteiger partial charge in [0.15, 0.2) is 0 Å². The van der Waals surface area contributed by atoms with Crippen LogP contribution >= 0.6 is 0 Å². The zero-order chi connectivity index (χ0) is 47.9. The molecular weight excluding hydrogens is 859 g/mol. The lowest BCUT2D eigenvalue weighted by Crippen LogP contribution is -2.30. The summed E-state index contributed by atoms with van der Waals surface area (Å²) < 4.78 is 2.46. The third-order valence-corrected chi connectivity index (χ3v) is 14.5. The molecule has 1 atom stereocenters. The maximum Gasteiger partial charge on any atom is 0.135 e. The average Bonchev–Trinajstić information content (AvgIpc) is 3.92. The van der Waals surface area contributed by atoms with Crippen LogP contribution in [0, 0.1) is 6.92 Å². The molecule has 9 aromatic carbocycles. The Balaban J connectivity index is 1.14. The fourth-order valence-corrected chi connectivity index (χ4v) is 11.3. The van der Waals surface area contributed by atoms with E-state index in [1.54, 1.807) is 0 Å². The zero-order valence-electron chi connectivity index (χ0n) is 40.3. The first-order valence-electron chi connectivity index (χ1n) is 24.8. The summed E-state index contributed by atoms with van der Waals surface area (Å²) in [7, 11) is 0. The number of fused-ring (bicyclic) bond motifs is 6. The maximum atomic E-state index is 5.76. The Bertz CT molecular complexity index is 3730. The molecule has 71 heavy (non-hydrogen) atoms. The standard InChI is InChI=1S/C68H53N3/c1-4-5-9-25-47(3)67-69-65(49-26-10-6-11-27-49)64-60-40-39-50(45-61(60)68(66(64)70-67,53-29-12-7-13-30-53)54-31-14-8-15-32-54)52-42-48(41-51-28-17-19-34-57(51)56-33-18-16-24-46(56)2)43-55(44-52)71-62-37-22-20-35-58(62)59-36-21-23-38-63(59)71/h4-40,42-45,47H,41H2,1-3H3/b5-4-,25-9-. The Morgan fingerprint density at radius 2 is 1.13 bits per heavy atom. The Morgan fingerprint density at radius 3 is 1.80 bits per heavy atom. The molecule has 340 valence electrons. The van der Waals surface area contributed by atoms with Crippen LogP contribution in [-0.2, 0) is 11.8 Å². The lowest BCUT2D eigenvalue weighted by Gasteiger charge is -2.33. The fraction of sp³-hybridized carbons (Fsp3) is 0.0882. The molecule has 0 spiro atoms. The van der Waals surface area contributed by atoms with E-state index in [-0.39, 0.29) is 5.92 Å². The minimum Gasteiger partial charge on any atom is -0.309 e. The normalized spacial score (nSPS) is 13.3. The predicted molar refractivity (Wildman–Crippen MR) is 296 cm³/mol. The first-order valence-corrected chi connectivity index (χ1v) is 24.8. The highest BCUT2D eigenvalue weighted by Crippen LogP contribution is 2.58. The molecule has 1 unspecified atom stereocenters. The molecule has 0 amide bonds. The van der Waals surface area contributed by atoms with Gasteiger partial charge in [0.05, 0.1) is 27.8 Å². The monoisotopic (exact) mass is 911 g/mol. The van der Waals surface area contributed by atoms with Crippen LogP contribution in [0.4, 0.5) is 0 Å². The van der Waals surface area contributed by atoms with Crippen LogP contribution in [0.15, 0.2) is 249 Å². The van der Waals surface area contributed by atoms with Crippen LogP contribution in [0.3, 0.4) is 0 Å². The Labute approximate surface area is 416 Å². The van der Waals surface area contributed by atoms with Crippen molar-refractivity contribution in [1.29, 1.82) is 0 Å². The van der Waals surface area contributed by atoms with E-state index >= 15 is 0 Å². The quantitative estimate of drug-likeness (QED) is 0.121. The van der Waals surface area contributed by atoms with Crippen LogP contribution in [-0.4, -0.2) is 14.5 Å². The topological polar surface area (TPSA) is 30.7 Å². The molecule has 0 aliphatic heterocycles. The Morgan fingerprint density at radius 1 is 0.521 bits per heavy atom. The van der Waals surface area contributed by atoms with Gasteiger partial charge in [0, 0.05) is 33.5 Å². The van der Waals surface area contributed by atoms with Gasteiger partial charge in [-0.2, -0.15) is 0 Å². The second kappa shape index (κ2) is 18.3. The highest BCUT2D eigenvalue weighted by Gasteiger charge is 2.49. The van der Waals surface area contributed by atoms with E-state index in [4.69, 9.17) is 9.97 Å². The zero-order valence-corrected chi connectivity index (χ0v) is 40.3. The molecule has 0 bridgehead atoms. The first kappa shape index (κ1) is 43.6. The van der Waals surface area contributed by atoms with Gasteiger partial charge in [0.25, 0.3) is 0 Å². The third-order valence-electron chi connectivity index (χ3n) is 14.5. The molecule has 3 heteroatoms. The molecule has 1 aliphatic rings. The van der Waals surface area contributed by atoms with Gasteiger partial charge in [-0.3, -0.25) is 0 Å². The van der Waals surface area contributed by atoms with Gasteiger partial charge in [0.2, 0.25) is 0 Å². The molecule has 1 aliphatic carbocycles. The van der Waals surface area contributed by atoms with Crippen molar-refractivity contribution in [3.05, 3.63) is 294 Å². The lowest BCUT2D eigenvalue weighted by atomic mass is 9.69. The van der Waals surface area contributed by atoms with E-state index in [1.807, 2.05) is 6.92 Å². The summed E-state index contributed by atoms with van der Waals surface area (Å²) in [6, 6.07) is 82.4. The summed E-state index contributed by atoms with van der Waals surface area (Å²) in [5.74, 6) is 0.752. The molecule has 2 heterocycles. The van der Waals surface area contributed by atoms with Gasteiger partial charge < -0.3 is 4.57 Å². The second-order valence-corrected chi connectivity index (χ2v) is 18.9. The Hall–Kier alpha value is -8.66. The first-order chi connectivity index (χ1) is 35.0. The molecule has 12 rings (SSSR count). The van der Waals surface area contributed by atoms with E-state index in [0.29, 0.717) is 0 Å². The van der Waals surface area contributed by atoms with E-state index in [2.05, 4.69) is 267 Å². The molecule has 0 saturated carbocycles. The predicted octanol–water partition coefficient (Wildman–Crippen LogP) is 17.1. The van der Waals surface area contributed by atoms with Gasteiger partial charge >= 0.3 is 0 Å². The van der Waals surface area contributed by atoms with Gasteiger partial charge in [0.1, 0.15) is 5.82 Å². The van der Waals surface area contributed by atoms with Crippen molar-refractivity contribution >= 4 is 21.8 Å². The second-order valence-electron chi connectivity index (χ2n) is 18.9. The van der Waals surface area contributed by atoms with Gasteiger partial charge in [-0.05, 0) is 112 Å². The van der Waals surface area contributed by atoms with Crippen LogP contribution < -0.4 is 0 Å². The lowest BCUT2D eigenvalue weighted by molar-refractivity contribution is 0.713. The number of allylic oxidation sites excluding steroid dienone is 4. The third kappa shape index (κ3) is 7.53. The highest BCUT2D eigenvalue weighted by molar-refractivity contribution is 6.09. The summed E-state index contributed by atoms with van der Waals surface area (Å²) in [5, 5.41) is 2.49.